The van der Waals surface area contributed by atoms with Crippen LogP contribution in [-0.2, 0) is 11.3 Å². The first-order valence-corrected chi connectivity index (χ1v) is 7.18. The van der Waals surface area contributed by atoms with Crippen LogP contribution < -0.4 is 0 Å². The van der Waals surface area contributed by atoms with Crippen LogP contribution in [0.2, 0.25) is 0 Å². The van der Waals surface area contributed by atoms with Crippen LogP contribution in [0.25, 0.3) is 0 Å². The predicted octanol–water partition coefficient (Wildman–Crippen LogP) is 1.97. The van der Waals surface area contributed by atoms with Crippen LogP contribution in [0.15, 0.2) is 24.3 Å². The Balaban J connectivity index is 1.86. The summed E-state index contributed by atoms with van der Waals surface area (Å²) in [5.74, 6) is 2.41. The Kier molecular flexibility index (Phi) is 5.60. The molecule has 1 aliphatic carbocycles. The van der Waals surface area contributed by atoms with Gasteiger partial charge in [-0.1, -0.05) is 35.7 Å². The zero-order valence-corrected chi connectivity index (χ0v) is 12.1. The summed E-state index contributed by atoms with van der Waals surface area (Å²) in [5, 5.41) is 10.0. The van der Waals surface area contributed by atoms with E-state index in [2.05, 4.69) is 42.0 Å². The number of nitrogens with zero attached hydrogens (tertiary/aromatic N) is 1. The Morgan fingerprint density at radius 2 is 2.30 bits per heavy atom. The molecule has 1 saturated carbocycles. The van der Waals surface area contributed by atoms with E-state index >= 15 is 0 Å². The Bertz CT molecular complexity index is 462. The van der Waals surface area contributed by atoms with Gasteiger partial charge in [-0.15, -0.1) is 6.42 Å². The van der Waals surface area contributed by atoms with Crippen molar-refractivity contribution in [3.8, 4) is 12.3 Å². The van der Waals surface area contributed by atoms with Crippen molar-refractivity contribution >= 4 is 0 Å². The van der Waals surface area contributed by atoms with E-state index in [1.807, 2.05) is 0 Å². The minimum atomic E-state index is -0.478. The molecule has 0 amide bonds. The summed E-state index contributed by atoms with van der Waals surface area (Å²) in [4.78, 5) is 2.35. The van der Waals surface area contributed by atoms with E-state index in [4.69, 9.17) is 11.2 Å². The first kappa shape index (κ1) is 15.1. The first-order valence-electron chi connectivity index (χ1n) is 7.18. The van der Waals surface area contributed by atoms with Crippen LogP contribution >= 0.6 is 0 Å². The van der Waals surface area contributed by atoms with Gasteiger partial charge in [0.25, 0.3) is 0 Å². The maximum Gasteiger partial charge on any atom is 0.107 e. The van der Waals surface area contributed by atoms with Gasteiger partial charge in [-0.3, -0.25) is 4.90 Å². The van der Waals surface area contributed by atoms with E-state index in [0.717, 1.165) is 6.54 Å². The summed E-state index contributed by atoms with van der Waals surface area (Å²) < 4.78 is 5.20. The summed E-state index contributed by atoms with van der Waals surface area (Å²) in [6.45, 7) is 4.20. The Labute approximate surface area is 121 Å². The third-order valence-electron chi connectivity index (χ3n) is 3.47. The lowest BCUT2D eigenvalue weighted by molar-refractivity contribution is 0.0242. The number of terminal acetylenes is 1. The van der Waals surface area contributed by atoms with Crippen LogP contribution in [-0.4, -0.2) is 41.9 Å². The fourth-order valence-corrected chi connectivity index (χ4v) is 2.40. The summed E-state index contributed by atoms with van der Waals surface area (Å²) in [5.41, 5.74) is 2.57. The van der Waals surface area contributed by atoms with E-state index in [9.17, 15) is 5.11 Å². The predicted molar refractivity (Wildman–Crippen MR) is 80.3 cm³/mol. The number of ether oxygens (including phenoxy) is 1. The van der Waals surface area contributed by atoms with Crippen molar-refractivity contribution in [2.45, 2.75) is 38.5 Å². The molecule has 0 bridgehead atoms. The second kappa shape index (κ2) is 7.44. The molecule has 0 radical (unpaired) electrons. The minimum absolute atomic E-state index is 0.262. The number of aliphatic hydroxyl groups is 1. The monoisotopic (exact) mass is 273 g/mol. The SMILES string of the molecule is C#CCOCC(O)CN(Cc1cccc(C)c1)C1CC1. The molecule has 0 saturated heterocycles. The third-order valence-corrected chi connectivity index (χ3v) is 3.47. The molecule has 0 spiro atoms. The van der Waals surface area contributed by atoms with Gasteiger partial charge in [0.15, 0.2) is 0 Å². The van der Waals surface area contributed by atoms with Crippen LogP contribution in [0.1, 0.15) is 24.0 Å². The van der Waals surface area contributed by atoms with Crippen molar-refractivity contribution in [3.63, 3.8) is 0 Å². The number of aliphatic hydroxyl groups excluding tert-OH is 1. The molecule has 1 aromatic carbocycles. The summed E-state index contributed by atoms with van der Waals surface area (Å²) in [7, 11) is 0. The molecule has 0 aromatic heterocycles. The van der Waals surface area contributed by atoms with Gasteiger partial charge in [0.1, 0.15) is 6.61 Å². The largest absolute Gasteiger partial charge is 0.389 e. The van der Waals surface area contributed by atoms with Gasteiger partial charge in [-0.05, 0) is 25.3 Å². The molecule has 0 aliphatic heterocycles. The highest BCUT2D eigenvalue weighted by Crippen LogP contribution is 2.28. The highest BCUT2D eigenvalue weighted by atomic mass is 16.5. The Hall–Kier alpha value is -1.34. The molecule has 3 heteroatoms. The molecule has 1 atom stereocenters. The van der Waals surface area contributed by atoms with Crippen molar-refractivity contribution in [2.75, 3.05) is 19.8 Å². The number of aryl methyl sites for hydroxylation is 1. The van der Waals surface area contributed by atoms with Gasteiger partial charge in [0.2, 0.25) is 0 Å². The molecule has 108 valence electrons. The average molecular weight is 273 g/mol. The molecular formula is C17H23NO2. The van der Waals surface area contributed by atoms with E-state index in [1.165, 1.54) is 24.0 Å². The molecule has 1 aromatic rings. The molecule has 1 unspecified atom stereocenters. The zero-order chi connectivity index (χ0) is 14.4. The van der Waals surface area contributed by atoms with Crippen LogP contribution in [0.5, 0.6) is 0 Å². The zero-order valence-electron chi connectivity index (χ0n) is 12.1. The summed E-state index contributed by atoms with van der Waals surface area (Å²) in [6.07, 6.45) is 7.10. The highest BCUT2D eigenvalue weighted by Gasteiger charge is 2.30. The lowest BCUT2D eigenvalue weighted by Crippen LogP contribution is -2.36. The van der Waals surface area contributed by atoms with Crippen LogP contribution in [0, 0.1) is 19.3 Å². The highest BCUT2D eigenvalue weighted by molar-refractivity contribution is 5.22. The maximum atomic E-state index is 10.0. The smallest absolute Gasteiger partial charge is 0.107 e. The molecule has 1 aliphatic rings. The Morgan fingerprint density at radius 1 is 1.50 bits per heavy atom. The second-order valence-corrected chi connectivity index (χ2v) is 5.52. The van der Waals surface area contributed by atoms with E-state index < -0.39 is 6.10 Å². The fraction of sp³-hybridized carbons (Fsp3) is 0.529. The van der Waals surface area contributed by atoms with Crippen LogP contribution in [0.3, 0.4) is 0 Å². The van der Waals surface area contributed by atoms with Gasteiger partial charge in [-0.2, -0.15) is 0 Å². The maximum absolute atomic E-state index is 10.0. The molecule has 3 nitrogen and oxygen atoms in total. The summed E-state index contributed by atoms with van der Waals surface area (Å²) >= 11 is 0. The van der Waals surface area contributed by atoms with Gasteiger partial charge in [0, 0.05) is 19.1 Å². The standard InChI is InChI=1S/C17H23NO2/c1-3-9-20-13-17(19)12-18(16-7-8-16)11-15-6-4-5-14(2)10-15/h1,4-6,10,16-17,19H,7-9,11-13H2,2H3. The second-order valence-electron chi connectivity index (χ2n) is 5.52. The number of benzene rings is 1. The summed E-state index contributed by atoms with van der Waals surface area (Å²) in [6, 6.07) is 9.15. The number of hydrogen-bond donors (Lipinski definition) is 1. The van der Waals surface area contributed by atoms with Gasteiger partial charge < -0.3 is 9.84 Å². The molecular weight excluding hydrogens is 250 g/mol. The number of hydrogen-bond acceptors (Lipinski definition) is 3. The van der Waals surface area contributed by atoms with Gasteiger partial charge in [-0.25, -0.2) is 0 Å². The lowest BCUT2D eigenvalue weighted by atomic mass is 10.1. The van der Waals surface area contributed by atoms with Gasteiger partial charge >= 0.3 is 0 Å². The molecule has 20 heavy (non-hydrogen) atoms. The van der Waals surface area contributed by atoms with Crippen molar-refractivity contribution in [1.29, 1.82) is 0 Å². The molecule has 1 N–H and O–H groups in total. The molecule has 0 heterocycles. The topological polar surface area (TPSA) is 32.7 Å². The number of rotatable bonds is 8. The Morgan fingerprint density at radius 3 is 2.95 bits per heavy atom. The van der Waals surface area contributed by atoms with E-state index in [1.54, 1.807) is 0 Å². The quantitative estimate of drug-likeness (QED) is 0.580. The molecule has 2 rings (SSSR count). The third kappa shape index (κ3) is 4.97. The normalized spacial score (nSPS) is 16.1. The average Bonchev–Trinajstić information content (AvgIpc) is 3.22. The van der Waals surface area contributed by atoms with Crippen LogP contribution in [0.4, 0.5) is 0 Å². The fourth-order valence-electron chi connectivity index (χ4n) is 2.40. The molecule has 1 fully saturated rings. The van der Waals surface area contributed by atoms with Crippen molar-refractivity contribution in [3.05, 3.63) is 35.4 Å². The minimum Gasteiger partial charge on any atom is -0.389 e. The van der Waals surface area contributed by atoms with Crippen molar-refractivity contribution in [1.82, 2.24) is 4.90 Å². The van der Waals surface area contributed by atoms with Crippen molar-refractivity contribution in [2.24, 2.45) is 0 Å². The van der Waals surface area contributed by atoms with Crippen molar-refractivity contribution < 1.29 is 9.84 Å². The lowest BCUT2D eigenvalue weighted by Gasteiger charge is -2.25. The van der Waals surface area contributed by atoms with Gasteiger partial charge in [0.05, 0.1) is 12.7 Å². The first-order chi connectivity index (χ1) is 9.69. The van der Waals surface area contributed by atoms with E-state index in [-0.39, 0.29) is 6.61 Å². The van der Waals surface area contributed by atoms with E-state index in [0.29, 0.717) is 19.2 Å².